The van der Waals surface area contributed by atoms with Crippen molar-refractivity contribution >= 4 is 17.5 Å². The molecular formula is C17H24N2O4. The van der Waals surface area contributed by atoms with Crippen LogP contribution in [0.3, 0.4) is 0 Å². The highest BCUT2D eigenvalue weighted by Crippen LogP contribution is 2.23. The van der Waals surface area contributed by atoms with E-state index in [1.54, 1.807) is 24.1 Å². The Labute approximate surface area is 136 Å². The van der Waals surface area contributed by atoms with E-state index in [9.17, 15) is 9.59 Å². The van der Waals surface area contributed by atoms with E-state index < -0.39 is 0 Å². The van der Waals surface area contributed by atoms with Crippen molar-refractivity contribution in [3.8, 4) is 5.75 Å². The summed E-state index contributed by atoms with van der Waals surface area (Å²) in [6.45, 7) is 3.21. The summed E-state index contributed by atoms with van der Waals surface area (Å²) in [6.07, 6.45) is 2.34. The molecule has 1 aromatic rings. The van der Waals surface area contributed by atoms with Crippen molar-refractivity contribution in [2.45, 2.75) is 32.3 Å². The predicted molar refractivity (Wildman–Crippen MR) is 87.5 cm³/mol. The number of para-hydroxylation sites is 2. The van der Waals surface area contributed by atoms with E-state index in [2.05, 4.69) is 5.32 Å². The van der Waals surface area contributed by atoms with Gasteiger partial charge in [-0.25, -0.2) is 0 Å². The molecule has 1 aliphatic heterocycles. The van der Waals surface area contributed by atoms with Gasteiger partial charge in [0, 0.05) is 33.0 Å². The van der Waals surface area contributed by atoms with Crippen LogP contribution in [-0.2, 0) is 14.3 Å². The molecular weight excluding hydrogens is 296 g/mol. The van der Waals surface area contributed by atoms with Crippen LogP contribution in [0.2, 0.25) is 0 Å². The van der Waals surface area contributed by atoms with Gasteiger partial charge in [-0.3, -0.25) is 9.59 Å². The summed E-state index contributed by atoms with van der Waals surface area (Å²) >= 11 is 0. The number of nitrogens with one attached hydrogen (secondary N) is 1. The molecule has 1 heterocycles. The first-order valence-corrected chi connectivity index (χ1v) is 7.90. The van der Waals surface area contributed by atoms with Gasteiger partial charge < -0.3 is 19.7 Å². The maximum absolute atomic E-state index is 12.1. The van der Waals surface area contributed by atoms with E-state index >= 15 is 0 Å². The minimum Gasteiger partial charge on any atom is -0.495 e. The van der Waals surface area contributed by atoms with E-state index in [1.807, 2.05) is 12.1 Å². The van der Waals surface area contributed by atoms with Crippen molar-refractivity contribution in [3.63, 3.8) is 0 Å². The molecule has 6 heteroatoms. The van der Waals surface area contributed by atoms with Crippen molar-refractivity contribution in [1.82, 2.24) is 4.90 Å². The number of amides is 2. The fourth-order valence-electron chi connectivity index (χ4n) is 2.61. The molecule has 23 heavy (non-hydrogen) atoms. The number of hydrogen-bond acceptors (Lipinski definition) is 4. The first kappa shape index (κ1) is 17.3. The molecule has 126 valence electrons. The number of anilines is 1. The topological polar surface area (TPSA) is 67.9 Å². The number of benzene rings is 1. The molecule has 0 radical (unpaired) electrons. The van der Waals surface area contributed by atoms with Gasteiger partial charge in [0.25, 0.3) is 0 Å². The Morgan fingerprint density at radius 3 is 2.83 bits per heavy atom. The second-order valence-corrected chi connectivity index (χ2v) is 5.60. The molecule has 1 aliphatic rings. The fourth-order valence-corrected chi connectivity index (χ4v) is 2.61. The van der Waals surface area contributed by atoms with Crippen molar-refractivity contribution < 1.29 is 19.1 Å². The predicted octanol–water partition coefficient (Wildman–Crippen LogP) is 2.05. The Balaban J connectivity index is 1.84. The lowest BCUT2D eigenvalue weighted by molar-refractivity contribution is -0.130. The van der Waals surface area contributed by atoms with Crippen LogP contribution in [0.15, 0.2) is 24.3 Å². The largest absolute Gasteiger partial charge is 0.495 e. The number of carbonyl (C=O) groups is 2. The van der Waals surface area contributed by atoms with Crippen molar-refractivity contribution in [1.29, 1.82) is 0 Å². The van der Waals surface area contributed by atoms with E-state index in [-0.39, 0.29) is 24.3 Å². The number of rotatable bonds is 7. The normalized spacial score (nSPS) is 16.9. The third-order valence-corrected chi connectivity index (χ3v) is 3.88. The number of methoxy groups -OCH3 is 1. The average molecular weight is 320 g/mol. The van der Waals surface area contributed by atoms with Gasteiger partial charge in [-0.2, -0.15) is 0 Å². The van der Waals surface area contributed by atoms with Crippen LogP contribution in [0.1, 0.15) is 26.2 Å². The summed E-state index contributed by atoms with van der Waals surface area (Å²) in [5, 5.41) is 2.82. The number of nitrogens with zero attached hydrogens (tertiary/aromatic N) is 1. The van der Waals surface area contributed by atoms with Crippen LogP contribution in [0, 0.1) is 0 Å². The zero-order valence-electron chi connectivity index (χ0n) is 13.7. The van der Waals surface area contributed by atoms with Gasteiger partial charge in [0.05, 0.1) is 18.9 Å². The minimum absolute atomic E-state index is 0.0365. The summed E-state index contributed by atoms with van der Waals surface area (Å²) < 4.78 is 10.8. The van der Waals surface area contributed by atoms with Gasteiger partial charge in [-0.15, -0.1) is 0 Å². The summed E-state index contributed by atoms with van der Waals surface area (Å²) in [6, 6.07) is 7.24. The van der Waals surface area contributed by atoms with Crippen LogP contribution in [-0.4, -0.2) is 49.6 Å². The third-order valence-electron chi connectivity index (χ3n) is 3.88. The molecule has 0 aliphatic carbocycles. The van der Waals surface area contributed by atoms with Gasteiger partial charge in [-0.1, -0.05) is 12.1 Å². The van der Waals surface area contributed by atoms with E-state index in [4.69, 9.17) is 9.47 Å². The third kappa shape index (κ3) is 5.25. The fraction of sp³-hybridized carbons (Fsp3) is 0.529. The van der Waals surface area contributed by atoms with Gasteiger partial charge in [0.2, 0.25) is 11.8 Å². The van der Waals surface area contributed by atoms with Crippen molar-refractivity contribution in [3.05, 3.63) is 24.3 Å². The highest BCUT2D eigenvalue weighted by Gasteiger charge is 2.21. The highest BCUT2D eigenvalue weighted by atomic mass is 16.5. The zero-order chi connectivity index (χ0) is 16.7. The molecule has 2 amide bonds. The van der Waals surface area contributed by atoms with Crippen LogP contribution in [0.5, 0.6) is 5.75 Å². The molecule has 2 rings (SSSR count). The van der Waals surface area contributed by atoms with Crippen LogP contribution < -0.4 is 10.1 Å². The average Bonchev–Trinajstić information content (AvgIpc) is 3.04. The van der Waals surface area contributed by atoms with Crippen LogP contribution >= 0.6 is 0 Å². The van der Waals surface area contributed by atoms with Gasteiger partial charge >= 0.3 is 0 Å². The first-order chi connectivity index (χ1) is 11.1. The van der Waals surface area contributed by atoms with E-state index in [1.165, 1.54) is 6.92 Å². The summed E-state index contributed by atoms with van der Waals surface area (Å²) in [7, 11) is 1.56. The molecule has 0 spiro atoms. The van der Waals surface area contributed by atoms with Gasteiger partial charge in [0.1, 0.15) is 5.75 Å². The summed E-state index contributed by atoms with van der Waals surface area (Å²) in [5.41, 5.74) is 0.633. The monoisotopic (exact) mass is 320 g/mol. The Kier molecular flexibility index (Phi) is 6.40. The van der Waals surface area contributed by atoms with Crippen molar-refractivity contribution in [2.24, 2.45) is 0 Å². The Bertz CT molecular complexity index is 541. The molecule has 1 unspecified atom stereocenters. The lowest BCUT2D eigenvalue weighted by Crippen LogP contribution is -2.37. The molecule has 1 aromatic carbocycles. The molecule has 0 saturated carbocycles. The molecule has 1 fully saturated rings. The number of ether oxygens (including phenoxy) is 2. The molecule has 0 bridgehead atoms. The second kappa shape index (κ2) is 8.53. The SMILES string of the molecule is COc1ccccc1NC(=O)CCN(CC1CCCO1)C(C)=O. The lowest BCUT2D eigenvalue weighted by Gasteiger charge is -2.24. The Morgan fingerprint density at radius 2 is 2.17 bits per heavy atom. The zero-order valence-corrected chi connectivity index (χ0v) is 13.7. The molecule has 1 saturated heterocycles. The minimum atomic E-state index is -0.145. The van der Waals surface area contributed by atoms with Crippen LogP contribution in [0.4, 0.5) is 5.69 Å². The molecule has 0 aromatic heterocycles. The molecule has 6 nitrogen and oxygen atoms in total. The van der Waals surface area contributed by atoms with E-state index in [0.717, 1.165) is 19.4 Å². The first-order valence-electron chi connectivity index (χ1n) is 7.90. The quantitative estimate of drug-likeness (QED) is 0.835. The van der Waals surface area contributed by atoms with Gasteiger partial charge in [0.15, 0.2) is 0 Å². The summed E-state index contributed by atoms with van der Waals surface area (Å²) in [5.74, 6) is 0.433. The summed E-state index contributed by atoms with van der Waals surface area (Å²) in [4.78, 5) is 25.5. The lowest BCUT2D eigenvalue weighted by atomic mass is 10.2. The van der Waals surface area contributed by atoms with E-state index in [0.29, 0.717) is 24.5 Å². The van der Waals surface area contributed by atoms with Gasteiger partial charge in [-0.05, 0) is 25.0 Å². The van der Waals surface area contributed by atoms with Crippen molar-refractivity contribution in [2.75, 3.05) is 32.1 Å². The molecule has 1 atom stereocenters. The second-order valence-electron chi connectivity index (χ2n) is 5.60. The highest BCUT2D eigenvalue weighted by molar-refractivity contribution is 5.92. The van der Waals surface area contributed by atoms with Crippen LogP contribution in [0.25, 0.3) is 0 Å². The number of carbonyl (C=O) groups excluding carboxylic acids is 2. The Hall–Kier alpha value is -2.08. The smallest absolute Gasteiger partial charge is 0.226 e. The maximum Gasteiger partial charge on any atom is 0.226 e. The maximum atomic E-state index is 12.1. The number of hydrogen-bond donors (Lipinski definition) is 1. The standard InChI is InChI=1S/C17H24N2O4/c1-13(20)19(12-14-6-5-11-23-14)10-9-17(21)18-15-7-3-4-8-16(15)22-2/h3-4,7-8,14H,5-6,9-12H2,1-2H3,(H,18,21). The molecule has 1 N–H and O–H groups in total. The Morgan fingerprint density at radius 1 is 1.39 bits per heavy atom.